The molecule has 0 aliphatic heterocycles. The first-order valence-electron chi connectivity index (χ1n) is 5.95. The molecular weight excluding hydrogens is 300 g/mol. The van der Waals surface area contributed by atoms with E-state index in [2.05, 4.69) is 10.7 Å². The highest BCUT2D eigenvalue weighted by molar-refractivity contribution is 7.90. The minimum absolute atomic E-state index is 0.0174. The lowest BCUT2D eigenvalue weighted by Gasteiger charge is -2.07. The van der Waals surface area contributed by atoms with Crippen molar-refractivity contribution in [3.63, 3.8) is 0 Å². The van der Waals surface area contributed by atoms with Crippen molar-refractivity contribution < 1.29 is 18.1 Å². The number of benzene rings is 1. The number of hydrazine groups is 1. The second kappa shape index (κ2) is 6.99. The van der Waals surface area contributed by atoms with Crippen LogP contribution in [-0.2, 0) is 9.84 Å². The fourth-order valence-electron chi connectivity index (χ4n) is 1.59. The van der Waals surface area contributed by atoms with E-state index < -0.39 is 20.7 Å². The molecule has 0 aromatic heterocycles. The molecule has 9 nitrogen and oxygen atoms in total. The van der Waals surface area contributed by atoms with Crippen LogP contribution < -0.4 is 16.6 Å². The van der Waals surface area contributed by atoms with E-state index in [4.69, 9.17) is 5.84 Å². The molecule has 4 N–H and O–H groups in total. The van der Waals surface area contributed by atoms with Gasteiger partial charge in [-0.1, -0.05) is 0 Å². The van der Waals surface area contributed by atoms with Gasteiger partial charge in [-0.05, 0) is 18.6 Å². The molecule has 0 aliphatic carbocycles. The van der Waals surface area contributed by atoms with Crippen LogP contribution in [0.1, 0.15) is 16.8 Å². The van der Waals surface area contributed by atoms with Crippen LogP contribution in [0.25, 0.3) is 0 Å². The molecule has 1 rings (SSSR count). The Bertz CT molecular complexity index is 644. The number of carbonyl (C=O) groups is 1. The Kier molecular flexibility index (Phi) is 5.61. The second-order valence-electron chi connectivity index (χ2n) is 4.37. The highest BCUT2D eigenvalue weighted by Crippen LogP contribution is 2.24. The van der Waals surface area contributed by atoms with Crippen LogP contribution in [0.5, 0.6) is 0 Å². The molecule has 0 unspecified atom stereocenters. The van der Waals surface area contributed by atoms with E-state index in [0.717, 1.165) is 6.26 Å². The molecule has 0 saturated heterocycles. The van der Waals surface area contributed by atoms with Gasteiger partial charge in [0, 0.05) is 24.4 Å². The van der Waals surface area contributed by atoms with Crippen LogP contribution in [0.2, 0.25) is 0 Å². The van der Waals surface area contributed by atoms with Crippen molar-refractivity contribution >= 4 is 27.1 Å². The lowest BCUT2D eigenvalue weighted by molar-refractivity contribution is -0.384. The summed E-state index contributed by atoms with van der Waals surface area (Å²) in [6.45, 7) is 0.189. The average Bonchev–Trinajstić information content (AvgIpc) is 2.41. The van der Waals surface area contributed by atoms with Gasteiger partial charge in [0.1, 0.15) is 15.5 Å². The van der Waals surface area contributed by atoms with Crippen molar-refractivity contribution in [2.24, 2.45) is 5.84 Å². The lowest BCUT2D eigenvalue weighted by atomic mass is 10.1. The number of rotatable bonds is 7. The van der Waals surface area contributed by atoms with E-state index >= 15 is 0 Å². The molecule has 10 heteroatoms. The van der Waals surface area contributed by atoms with Crippen LogP contribution in [0.4, 0.5) is 11.4 Å². The molecule has 0 bridgehead atoms. The van der Waals surface area contributed by atoms with Crippen molar-refractivity contribution in [2.45, 2.75) is 6.42 Å². The Labute approximate surface area is 121 Å². The maximum Gasteiger partial charge on any atom is 0.293 e. The normalized spacial score (nSPS) is 11.0. The van der Waals surface area contributed by atoms with Crippen LogP contribution in [0.15, 0.2) is 18.2 Å². The van der Waals surface area contributed by atoms with Crippen LogP contribution in [0.3, 0.4) is 0 Å². The zero-order valence-corrected chi connectivity index (χ0v) is 12.1. The summed E-state index contributed by atoms with van der Waals surface area (Å²) in [6, 6.07) is 3.72. The number of sulfone groups is 1. The number of hydrogen-bond donors (Lipinski definition) is 3. The third-order valence-electron chi connectivity index (χ3n) is 2.59. The van der Waals surface area contributed by atoms with Crippen LogP contribution in [0, 0.1) is 10.1 Å². The summed E-state index contributed by atoms with van der Waals surface area (Å²) < 4.78 is 21.9. The van der Waals surface area contributed by atoms with Gasteiger partial charge in [0.2, 0.25) is 0 Å². The van der Waals surface area contributed by atoms with Crippen LogP contribution >= 0.6 is 0 Å². The average molecular weight is 316 g/mol. The van der Waals surface area contributed by atoms with E-state index in [1.165, 1.54) is 18.2 Å². The zero-order chi connectivity index (χ0) is 16.0. The Morgan fingerprint density at radius 1 is 1.43 bits per heavy atom. The number of amides is 1. The van der Waals surface area contributed by atoms with Crippen molar-refractivity contribution in [2.75, 3.05) is 24.0 Å². The summed E-state index contributed by atoms with van der Waals surface area (Å²) >= 11 is 0. The van der Waals surface area contributed by atoms with Gasteiger partial charge in [-0.25, -0.2) is 8.42 Å². The standard InChI is InChI=1S/C11H16N4O5S/c1-21(19,20)6-2-5-13-11(16)8-3-4-10(15(17)18)9(7-8)14-12/h3-4,7,14H,2,5-6,12H2,1H3,(H,13,16). The summed E-state index contributed by atoms with van der Waals surface area (Å²) in [7, 11) is -3.07. The lowest BCUT2D eigenvalue weighted by Crippen LogP contribution is -2.26. The van der Waals surface area contributed by atoms with Gasteiger partial charge >= 0.3 is 0 Å². The predicted molar refractivity (Wildman–Crippen MR) is 77.6 cm³/mol. The van der Waals surface area contributed by atoms with Gasteiger partial charge < -0.3 is 10.7 Å². The van der Waals surface area contributed by atoms with Crippen molar-refractivity contribution in [3.8, 4) is 0 Å². The summed E-state index contributed by atoms with van der Waals surface area (Å²) in [4.78, 5) is 21.9. The zero-order valence-electron chi connectivity index (χ0n) is 11.3. The molecule has 0 saturated carbocycles. The number of hydrogen-bond acceptors (Lipinski definition) is 7. The molecule has 21 heavy (non-hydrogen) atoms. The van der Waals surface area contributed by atoms with Crippen molar-refractivity contribution in [3.05, 3.63) is 33.9 Å². The fraction of sp³-hybridized carbons (Fsp3) is 0.364. The number of nitro benzene ring substituents is 1. The molecule has 116 valence electrons. The topological polar surface area (TPSA) is 144 Å². The SMILES string of the molecule is CS(=O)(=O)CCCNC(=O)c1ccc([N+](=O)[O-])c(NN)c1. The van der Waals surface area contributed by atoms with Crippen molar-refractivity contribution in [1.82, 2.24) is 5.32 Å². The first-order chi connectivity index (χ1) is 9.74. The van der Waals surface area contributed by atoms with Gasteiger partial charge in [0.15, 0.2) is 0 Å². The fourth-order valence-corrected chi connectivity index (χ4v) is 2.26. The Balaban J connectivity index is 2.69. The molecule has 1 amide bonds. The molecule has 1 aromatic rings. The summed E-state index contributed by atoms with van der Waals surface area (Å²) in [5.74, 6) is 4.69. The van der Waals surface area contributed by atoms with E-state index in [1.54, 1.807) is 0 Å². The van der Waals surface area contributed by atoms with Gasteiger partial charge in [0.25, 0.3) is 11.6 Å². The third-order valence-corrected chi connectivity index (χ3v) is 3.62. The van der Waals surface area contributed by atoms with Gasteiger partial charge in [-0.3, -0.25) is 20.8 Å². The van der Waals surface area contributed by atoms with Gasteiger partial charge in [-0.15, -0.1) is 0 Å². The summed E-state index contributed by atoms with van der Waals surface area (Å²) in [5.41, 5.74) is 2.12. The number of nitrogens with zero attached hydrogens (tertiary/aromatic N) is 1. The molecule has 0 aliphatic rings. The monoisotopic (exact) mass is 316 g/mol. The minimum Gasteiger partial charge on any atom is -0.352 e. The largest absolute Gasteiger partial charge is 0.352 e. The molecular formula is C11H16N4O5S. The first kappa shape index (κ1) is 16.9. The molecule has 0 atom stereocenters. The second-order valence-corrected chi connectivity index (χ2v) is 6.63. The van der Waals surface area contributed by atoms with Crippen LogP contribution in [-0.4, -0.2) is 37.8 Å². The molecule has 0 spiro atoms. The first-order valence-corrected chi connectivity index (χ1v) is 8.01. The quantitative estimate of drug-likeness (QED) is 0.279. The highest BCUT2D eigenvalue weighted by Gasteiger charge is 2.16. The van der Waals surface area contributed by atoms with E-state index in [-0.39, 0.29) is 29.2 Å². The molecule has 0 radical (unpaired) electrons. The van der Waals surface area contributed by atoms with E-state index in [1.807, 2.05) is 0 Å². The maximum absolute atomic E-state index is 11.8. The Hall–Kier alpha value is -2.20. The number of nitrogen functional groups attached to an aromatic ring is 1. The predicted octanol–water partition coefficient (Wildman–Crippen LogP) is 0.0449. The molecule has 1 aromatic carbocycles. The van der Waals surface area contributed by atoms with Gasteiger partial charge in [0.05, 0.1) is 10.7 Å². The smallest absolute Gasteiger partial charge is 0.293 e. The maximum atomic E-state index is 11.8. The third kappa shape index (κ3) is 5.36. The minimum atomic E-state index is -3.07. The van der Waals surface area contributed by atoms with Gasteiger partial charge in [-0.2, -0.15) is 0 Å². The Morgan fingerprint density at radius 3 is 2.62 bits per heavy atom. The number of nitro groups is 1. The molecule has 0 fully saturated rings. The van der Waals surface area contributed by atoms with Crippen molar-refractivity contribution in [1.29, 1.82) is 0 Å². The van der Waals surface area contributed by atoms with E-state index in [9.17, 15) is 23.3 Å². The van der Waals surface area contributed by atoms with E-state index in [0.29, 0.717) is 6.42 Å². The number of carbonyl (C=O) groups excluding carboxylic acids is 1. The number of nitrogens with one attached hydrogen (secondary N) is 2. The number of nitrogens with two attached hydrogens (primary N) is 1. The number of anilines is 1. The molecule has 0 heterocycles. The summed E-state index contributed by atoms with van der Waals surface area (Å²) in [5, 5.41) is 13.2. The summed E-state index contributed by atoms with van der Waals surface area (Å²) in [6.07, 6.45) is 1.41. The highest BCUT2D eigenvalue weighted by atomic mass is 32.2. The Morgan fingerprint density at radius 2 is 2.10 bits per heavy atom.